The monoisotopic (exact) mass is 190 g/mol. The molecule has 74 valence electrons. The number of rotatable bonds is 1. The van der Waals surface area contributed by atoms with Crippen molar-refractivity contribution in [3.8, 4) is 0 Å². The summed E-state index contributed by atoms with van der Waals surface area (Å²) < 4.78 is 0. The van der Waals surface area contributed by atoms with E-state index in [9.17, 15) is 4.79 Å². The summed E-state index contributed by atoms with van der Waals surface area (Å²) in [7, 11) is 0. The van der Waals surface area contributed by atoms with Crippen molar-refractivity contribution in [3.63, 3.8) is 0 Å². The number of primary amides is 1. The smallest absolute Gasteiger partial charge is 0.248 e. The fourth-order valence-corrected chi connectivity index (χ4v) is 1.81. The Kier molecular flexibility index (Phi) is 2.50. The fraction of sp³-hybridized carbons (Fsp3) is 0.364. The Bertz CT molecular complexity index is 360. The maximum Gasteiger partial charge on any atom is 0.248 e. The molecule has 1 aliphatic rings. The first-order valence-electron chi connectivity index (χ1n) is 4.90. The number of nitrogens with one attached hydrogen (secondary N) is 1. The molecule has 0 aliphatic carbocycles. The molecule has 1 aromatic rings. The molecule has 0 radical (unpaired) electrons. The van der Waals surface area contributed by atoms with Gasteiger partial charge in [0.1, 0.15) is 0 Å². The maximum absolute atomic E-state index is 11.0. The lowest BCUT2D eigenvalue weighted by Crippen LogP contribution is -2.14. The zero-order chi connectivity index (χ0) is 9.97. The Morgan fingerprint density at radius 1 is 1.36 bits per heavy atom. The Labute approximate surface area is 83.3 Å². The van der Waals surface area contributed by atoms with Gasteiger partial charge in [-0.3, -0.25) is 4.79 Å². The van der Waals surface area contributed by atoms with Gasteiger partial charge in [0.15, 0.2) is 0 Å². The van der Waals surface area contributed by atoms with E-state index in [1.807, 2.05) is 18.2 Å². The zero-order valence-corrected chi connectivity index (χ0v) is 8.05. The molecular formula is C11H14N2O. The van der Waals surface area contributed by atoms with Gasteiger partial charge in [-0.05, 0) is 42.6 Å². The average molecular weight is 190 g/mol. The molecule has 0 fully saturated rings. The van der Waals surface area contributed by atoms with Gasteiger partial charge in [-0.15, -0.1) is 0 Å². The van der Waals surface area contributed by atoms with Crippen LogP contribution in [0.15, 0.2) is 18.2 Å². The zero-order valence-electron chi connectivity index (χ0n) is 8.05. The minimum atomic E-state index is -0.350. The van der Waals surface area contributed by atoms with Crippen LogP contribution in [0.1, 0.15) is 27.9 Å². The van der Waals surface area contributed by atoms with Crippen LogP contribution in [-0.2, 0) is 13.0 Å². The van der Waals surface area contributed by atoms with Gasteiger partial charge in [0, 0.05) is 12.1 Å². The van der Waals surface area contributed by atoms with E-state index in [4.69, 9.17) is 5.73 Å². The van der Waals surface area contributed by atoms with E-state index in [-0.39, 0.29) is 5.91 Å². The summed E-state index contributed by atoms with van der Waals surface area (Å²) in [6.07, 6.45) is 2.24. The van der Waals surface area contributed by atoms with Crippen molar-refractivity contribution in [2.75, 3.05) is 6.54 Å². The SMILES string of the molecule is NC(=O)c1ccc2c(c1)CNCCC2. The van der Waals surface area contributed by atoms with E-state index in [0.29, 0.717) is 5.56 Å². The Morgan fingerprint density at radius 3 is 3.00 bits per heavy atom. The molecule has 0 aromatic heterocycles. The first-order valence-corrected chi connectivity index (χ1v) is 4.90. The summed E-state index contributed by atoms with van der Waals surface area (Å²) >= 11 is 0. The number of amides is 1. The molecular weight excluding hydrogens is 176 g/mol. The number of carbonyl (C=O) groups excluding carboxylic acids is 1. The van der Waals surface area contributed by atoms with Crippen molar-refractivity contribution in [2.45, 2.75) is 19.4 Å². The lowest BCUT2D eigenvalue weighted by molar-refractivity contribution is 0.1000. The number of hydrogen-bond donors (Lipinski definition) is 2. The number of hydrogen-bond acceptors (Lipinski definition) is 2. The van der Waals surface area contributed by atoms with Crippen LogP contribution < -0.4 is 11.1 Å². The third-order valence-corrected chi connectivity index (χ3v) is 2.61. The van der Waals surface area contributed by atoms with Gasteiger partial charge >= 0.3 is 0 Å². The molecule has 0 saturated heterocycles. The van der Waals surface area contributed by atoms with Crippen LogP contribution in [-0.4, -0.2) is 12.5 Å². The van der Waals surface area contributed by atoms with E-state index in [1.54, 1.807) is 0 Å². The number of nitrogens with two attached hydrogens (primary N) is 1. The molecule has 14 heavy (non-hydrogen) atoms. The van der Waals surface area contributed by atoms with Gasteiger partial charge in [-0.1, -0.05) is 6.07 Å². The summed E-state index contributed by atoms with van der Waals surface area (Å²) in [5.74, 6) is -0.350. The average Bonchev–Trinajstić information content (AvgIpc) is 2.41. The fourth-order valence-electron chi connectivity index (χ4n) is 1.81. The molecule has 2 rings (SSSR count). The van der Waals surface area contributed by atoms with Crippen LogP contribution in [0.4, 0.5) is 0 Å². The molecule has 3 nitrogen and oxygen atoms in total. The first-order chi connectivity index (χ1) is 6.77. The number of benzene rings is 1. The summed E-state index contributed by atoms with van der Waals surface area (Å²) in [6, 6.07) is 5.73. The van der Waals surface area contributed by atoms with Crippen molar-refractivity contribution in [1.82, 2.24) is 5.32 Å². The van der Waals surface area contributed by atoms with Crippen molar-refractivity contribution >= 4 is 5.91 Å². The van der Waals surface area contributed by atoms with Crippen LogP contribution in [0.2, 0.25) is 0 Å². The summed E-state index contributed by atoms with van der Waals surface area (Å²) in [6.45, 7) is 1.89. The standard InChI is InChI=1S/C11H14N2O/c12-11(14)9-4-3-8-2-1-5-13-7-10(8)6-9/h3-4,6,13H,1-2,5,7H2,(H2,12,14). The number of carbonyl (C=O) groups is 1. The van der Waals surface area contributed by atoms with Crippen molar-refractivity contribution in [2.24, 2.45) is 5.73 Å². The second-order valence-electron chi connectivity index (χ2n) is 3.63. The predicted octanol–water partition coefficient (Wildman–Crippen LogP) is 0.821. The lowest BCUT2D eigenvalue weighted by atomic mass is 10.0. The van der Waals surface area contributed by atoms with Crippen molar-refractivity contribution in [1.29, 1.82) is 0 Å². The minimum Gasteiger partial charge on any atom is -0.366 e. The van der Waals surface area contributed by atoms with Gasteiger partial charge in [-0.2, -0.15) is 0 Å². The highest BCUT2D eigenvalue weighted by Gasteiger charge is 2.09. The molecule has 1 aromatic carbocycles. The Hall–Kier alpha value is -1.35. The summed E-state index contributed by atoms with van der Waals surface area (Å²) in [4.78, 5) is 11.0. The molecule has 3 N–H and O–H groups in total. The second-order valence-corrected chi connectivity index (χ2v) is 3.63. The summed E-state index contributed by atoms with van der Waals surface area (Å²) in [5, 5.41) is 3.32. The highest BCUT2D eigenvalue weighted by Crippen LogP contribution is 2.16. The largest absolute Gasteiger partial charge is 0.366 e. The van der Waals surface area contributed by atoms with Crippen molar-refractivity contribution < 1.29 is 4.79 Å². The Balaban J connectivity index is 2.37. The van der Waals surface area contributed by atoms with Gasteiger partial charge in [-0.25, -0.2) is 0 Å². The molecule has 0 atom stereocenters. The van der Waals surface area contributed by atoms with E-state index >= 15 is 0 Å². The van der Waals surface area contributed by atoms with Gasteiger partial charge in [0.05, 0.1) is 0 Å². The quantitative estimate of drug-likeness (QED) is 0.689. The van der Waals surface area contributed by atoms with E-state index < -0.39 is 0 Å². The highest BCUT2D eigenvalue weighted by molar-refractivity contribution is 5.93. The van der Waals surface area contributed by atoms with Gasteiger partial charge < -0.3 is 11.1 Å². The minimum absolute atomic E-state index is 0.350. The highest BCUT2D eigenvalue weighted by atomic mass is 16.1. The topological polar surface area (TPSA) is 55.1 Å². The van der Waals surface area contributed by atoms with E-state index in [2.05, 4.69) is 5.32 Å². The Morgan fingerprint density at radius 2 is 2.21 bits per heavy atom. The molecule has 1 amide bonds. The maximum atomic E-state index is 11.0. The van der Waals surface area contributed by atoms with Crippen LogP contribution >= 0.6 is 0 Å². The van der Waals surface area contributed by atoms with E-state index in [1.165, 1.54) is 11.1 Å². The van der Waals surface area contributed by atoms with Crippen LogP contribution in [0.5, 0.6) is 0 Å². The van der Waals surface area contributed by atoms with Gasteiger partial charge in [0.25, 0.3) is 0 Å². The third kappa shape index (κ3) is 1.77. The first kappa shape index (κ1) is 9.21. The third-order valence-electron chi connectivity index (χ3n) is 2.61. The summed E-state index contributed by atoms with van der Waals surface area (Å²) in [5.41, 5.74) is 8.37. The number of aryl methyl sites for hydroxylation is 1. The lowest BCUT2D eigenvalue weighted by Gasteiger charge is -2.06. The molecule has 0 unspecified atom stereocenters. The van der Waals surface area contributed by atoms with E-state index in [0.717, 1.165) is 25.9 Å². The van der Waals surface area contributed by atoms with Crippen LogP contribution in [0.25, 0.3) is 0 Å². The van der Waals surface area contributed by atoms with Crippen LogP contribution in [0, 0.1) is 0 Å². The molecule has 1 aliphatic heterocycles. The van der Waals surface area contributed by atoms with Gasteiger partial charge in [0.2, 0.25) is 5.91 Å². The van der Waals surface area contributed by atoms with Crippen LogP contribution in [0.3, 0.4) is 0 Å². The molecule has 0 spiro atoms. The normalized spacial score (nSPS) is 15.7. The second kappa shape index (κ2) is 3.80. The number of fused-ring (bicyclic) bond motifs is 1. The predicted molar refractivity (Wildman–Crippen MR) is 55.0 cm³/mol. The van der Waals surface area contributed by atoms with Crippen molar-refractivity contribution in [3.05, 3.63) is 34.9 Å². The molecule has 1 heterocycles. The molecule has 3 heteroatoms. The molecule has 0 saturated carbocycles. The molecule has 0 bridgehead atoms.